The molecule has 30 heavy (non-hydrogen) atoms. The molecule has 0 unspecified atom stereocenters. The Bertz CT molecular complexity index is 953. The van der Waals surface area contributed by atoms with E-state index in [-0.39, 0.29) is 17.5 Å². The number of hydrogen-bond donors (Lipinski definition) is 2. The lowest BCUT2D eigenvalue weighted by atomic mass is 10.1. The number of nitrogens with zero attached hydrogens (tertiary/aromatic N) is 2. The minimum atomic E-state index is -3.67. The van der Waals surface area contributed by atoms with Crippen molar-refractivity contribution in [3.05, 3.63) is 29.8 Å². The smallest absolute Gasteiger partial charge is 0.315 e. The molecule has 2 amide bonds. The molecule has 2 N–H and O–H groups in total. The Balaban J connectivity index is 1.57. The monoisotopic (exact) mass is 460 g/mol. The molecule has 0 spiro atoms. The summed E-state index contributed by atoms with van der Waals surface area (Å²) < 4.78 is 57.1. The predicted molar refractivity (Wildman–Crippen MR) is 111 cm³/mol. The van der Waals surface area contributed by atoms with Crippen LogP contribution in [0.1, 0.15) is 18.4 Å². The van der Waals surface area contributed by atoms with Gasteiger partial charge in [-0.2, -0.15) is 4.31 Å². The van der Waals surface area contributed by atoms with Crippen molar-refractivity contribution in [2.75, 3.05) is 45.6 Å². The number of sulfonamides is 2. The van der Waals surface area contributed by atoms with Gasteiger partial charge >= 0.3 is 6.03 Å². The van der Waals surface area contributed by atoms with E-state index in [1.165, 1.54) is 14.9 Å². The first-order valence-corrected chi connectivity index (χ1v) is 13.1. The zero-order valence-electron chi connectivity index (χ0n) is 16.9. The number of ether oxygens (including phenoxy) is 1. The van der Waals surface area contributed by atoms with Gasteiger partial charge in [-0.3, -0.25) is 0 Å². The number of benzene rings is 1. The van der Waals surface area contributed by atoms with Gasteiger partial charge in [-0.25, -0.2) is 25.9 Å². The van der Waals surface area contributed by atoms with Crippen molar-refractivity contribution < 1.29 is 26.4 Å². The Morgan fingerprint density at radius 3 is 2.30 bits per heavy atom. The summed E-state index contributed by atoms with van der Waals surface area (Å²) >= 11 is 0. The van der Waals surface area contributed by atoms with Crippen LogP contribution in [0.5, 0.6) is 0 Å². The number of piperidine rings is 1. The number of nitrogens with one attached hydrogen (secondary N) is 2. The molecule has 0 saturated carbocycles. The number of morpholine rings is 1. The molecule has 0 aliphatic carbocycles. The third kappa shape index (κ3) is 5.70. The predicted octanol–water partition coefficient (Wildman–Crippen LogP) is -0.0693. The second kappa shape index (κ2) is 9.60. The van der Waals surface area contributed by atoms with Crippen LogP contribution in [0.15, 0.2) is 29.2 Å². The van der Waals surface area contributed by atoms with E-state index in [0.717, 1.165) is 0 Å². The van der Waals surface area contributed by atoms with Crippen LogP contribution in [0, 0.1) is 0 Å². The summed E-state index contributed by atoms with van der Waals surface area (Å²) in [7, 11) is -6.88. The molecule has 2 fully saturated rings. The topological polar surface area (TPSA) is 125 Å². The fourth-order valence-electron chi connectivity index (χ4n) is 3.57. The Kier molecular flexibility index (Phi) is 7.34. The largest absolute Gasteiger partial charge is 0.379 e. The number of carbonyl (C=O) groups is 1. The number of rotatable bonds is 6. The van der Waals surface area contributed by atoms with Crippen LogP contribution in [0.2, 0.25) is 0 Å². The normalized spacial score (nSPS) is 20.0. The van der Waals surface area contributed by atoms with Gasteiger partial charge < -0.3 is 15.4 Å². The summed E-state index contributed by atoms with van der Waals surface area (Å²) in [5.74, 6) is 0. The van der Waals surface area contributed by atoms with Crippen LogP contribution in [-0.2, 0) is 31.3 Å². The molecule has 2 aliphatic rings. The lowest BCUT2D eigenvalue weighted by Gasteiger charge is -2.30. The molecule has 168 valence electrons. The van der Waals surface area contributed by atoms with Gasteiger partial charge in [0.25, 0.3) is 0 Å². The highest BCUT2D eigenvalue weighted by atomic mass is 32.2. The molecule has 0 radical (unpaired) electrons. The Labute approximate surface area is 177 Å². The van der Waals surface area contributed by atoms with Gasteiger partial charge in [0, 0.05) is 38.8 Å². The quantitative estimate of drug-likeness (QED) is 0.612. The first-order valence-electron chi connectivity index (χ1n) is 9.83. The molecule has 10 nitrogen and oxygen atoms in total. The van der Waals surface area contributed by atoms with Gasteiger partial charge in [-0.15, -0.1) is 0 Å². The van der Waals surface area contributed by atoms with Crippen LogP contribution in [-0.4, -0.2) is 83.2 Å². The molecular formula is C18H28N4O6S2. The molecule has 1 aromatic rings. The molecule has 2 heterocycles. The maximum atomic E-state index is 13.0. The van der Waals surface area contributed by atoms with Crippen molar-refractivity contribution in [1.29, 1.82) is 0 Å². The van der Waals surface area contributed by atoms with E-state index < -0.39 is 26.1 Å². The molecular weight excluding hydrogens is 432 g/mol. The second-order valence-corrected chi connectivity index (χ2v) is 11.3. The lowest BCUT2D eigenvalue weighted by Crippen LogP contribution is -2.48. The fraction of sp³-hybridized carbons (Fsp3) is 0.611. The molecule has 2 aliphatic heterocycles. The lowest BCUT2D eigenvalue weighted by molar-refractivity contribution is 0.0730. The van der Waals surface area contributed by atoms with Gasteiger partial charge in [0.1, 0.15) is 0 Å². The maximum absolute atomic E-state index is 13.0. The summed E-state index contributed by atoms with van der Waals surface area (Å²) in [5.41, 5.74) is 0.506. The summed E-state index contributed by atoms with van der Waals surface area (Å²) in [6.45, 7) is 2.12. The Morgan fingerprint density at radius 1 is 1.03 bits per heavy atom. The number of urea groups is 1. The van der Waals surface area contributed by atoms with E-state index in [9.17, 15) is 21.6 Å². The number of hydrogen-bond acceptors (Lipinski definition) is 6. The number of carbonyl (C=O) groups excluding carboxylic acids is 1. The third-order valence-corrected chi connectivity index (χ3v) is 8.56. The van der Waals surface area contributed by atoms with E-state index in [1.807, 2.05) is 0 Å². The van der Waals surface area contributed by atoms with Crippen LogP contribution in [0.4, 0.5) is 4.79 Å². The van der Waals surface area contributed by atoms with Gasteiger partial charge in [0.05, 0.1) is 24.4 Å². The highest BCUT2D eigenvalue weighted by molar-refractivity contribution is 7.89. The van der Waals surface area contributed by atoms with Crippen molar-refractivity contribution in [3.63, 3.8) is 0 Å². The van der Waals surface area contributed by atoms with Gasteiger partial charge in [-0.05, 0) is 24.5 Å². The summed E-state index contributed by atoms with van der Waals surface area (Å²) in [5, 5.41) is 5.55. The Hall–Kier alpha value is -1.73. The first kappa shape index (κ1) is 22.9. The first-order chi connectivity index (χ1) is 14.2. The van der Waals surface area contributed by atoms with Crippen molar-refractivity contribution >= 4 is 26.1 Å². The van der Waals surface area contributed by atoms with Crippen molar-refractivity contribution in [1.82, 2.24) is 19.2 Å². The van der Waals surface area contributed by atoms with Gasteiger partial charge in [0.2, 0.25) is 20.0 Å². The fourth-order valence-corrected chi connectivity index (χ4v) is 6.08. The summed E-state index contributed by atoms with van der Waals surface area (Å²) in [4.78, 5) is 12.5. The standard InChI is InChI=1S/C18H28N4O6S2/c1-29(24,25)21-8-6-16(7-9-21)20-18(23)19-14-15-4-2-3-5-17(15)30(26,27)22-10-12-28-13-11-22/h2-5,16H,6-14H2,1H3,(H2,19,20,23). The van der Waals surface area contributed by atoms with Crippen LogP contribution in [0.25, 0.3) is 0 Å². The maximum Gasteiger partial charge on any atom is 0.315 e. The average molecular weight is 461 g/mol. The molecule has 0 atom stereocenters. The highest BCUT2D eigenvalue weighted by Gasteiger charge is 2.29. The molecule has 0 bridgehead atoms. The average Bonchev–Trinajstić information content (AvgIpc) is 2.73. The zero-order chi connectivity index (χ0) is 21.8. The van der Waals surface area contributed by atoms with Gasteiger partial charge in [-0.1, -0.05) is 18.2 Å². The molecule has 2 saturated heterocycles. The third-order valence-electron chi connectivity index (χ3n) is 5.26. The van der Waals surface area contributed by atoms with E-state index in [0.29, 0.717) is 57.8 Å². The zero-order valence-corrected chi connectivity index (χ0v) is 18.5. The van der Waals surface area contributed by atoms with Crippen LogP contribution >= 0.6 is 0 Å². The Morgan fingerprint density at radius 2 is 1.67 bits per heavy atom. The molecule has 12 heteroatoms. The van der Waals surface area contributed by atoms with Gasteiger partial charge in [0.15, 0.2) is 0 Å². The highest BCUT2D eigenvalue weighted by Crippen LogP contribution is 2.21. The van der Waals surface area contributed by atoms with Crippen molar-refractivity contribution in [3.8, 4) is 0 Å². The summed E-state index contributed by atoms with van der Waals surface area (Å²) in [6.07, 6.45) is 2.24. The van der Waals surface area contributed by atoms with E-state index in [2.05, 4.69) is 10.6 Å². The van der Waals surface area contributed by atoms with Crippen LogP contribution < -0.4 is 10.6 Å². The molecule has 3 rings (SSSR count). The van der Waals surface area contributed by atoms with E-state index in [4.69, 9.17) is 4.74 Å². The molecule has 1 aromatic carbocycles. The second-order valence-electron chi connectivity index (χ2n) is 7.39. The SMILES string of the molecule is CS(=O)(=O)N1CCC(NC(=O)NCc2ccccc2S(=O)(=O)N2CCOCC2)CC1. The van der Waals surface area contributed by atoms with E-state index >= 15 is 0 Å². The minimum Gasteiger partial charge on any atom is -0.379 e. The van der Waals surface area contributed by atoms with E-state index in [1.54, 1.807) is 24.3 Å². The minimum absolute atomic E-state index is 0.0633. The van der Waals surface area contributed by atoms with Crippen molar-refractivity contribution in [2.45, 2.75) is 30.3 Å². The summed E-state index contributed by atoms with van der Waals surface area (Å²) in [6, 6.07) is 6.07. The molecule has 0 aromatic heterocycles. The van der Waals surface area contributed by atoms with Crippen molar-refractivity contribution in [2.24, 2.45) is 0 Å². The number of amides is 2. The van der Waals surface area contributed by atoms with Crippen LogP contribution in [0.3, 0.4) is 0 Å².